The summed E-state index contributed by atoms with van der Waals surface area (Å²) in [4.78, 5) is 72.3. The van der Waals surface area contributed by atoms with E-state index >= 15 is 0 Å². The number of nitrogens with zero attached hydrogens (tertiary/aromatic N) is 4. The molecule has 23 nitrogen and oxygen atoms in total. The molecule has 1 fully saturated rings. The van der Waals surface area contributed by atoms with Crippen LogP contribution in [-0.2, 0) is 45.8 Å². The number of ether oxygens (including phenoxy) is 2. The number of H-pyrrole nitrogens is 1. The zero-order valence-corrected chi connectivity index (χ0v) is 31.3. The number of hydrogen-bond acceptors (Lipinski definition) is 14. The SMILES string of the molecule is Cn1c[n+]([C@@H]2O[C@H](COP(=O)(O)OP(=O)(O)O)[C@@H](O)[C@H]2OC(=O)NCCNC(=O)CCC[n+]2c3cc(N)ccc3cc3ccc(N)cc32)c2nc(N)[nH]c(=O)c21. The number of carbonyl (C=O) groups is 2. The number of phosphoric acid groups is 2. The molecule has 2 aromatic carbocycles. The number of benzene rings is 2. The number of nitrogens with two attached hydrogens (primary N) is 3. The predicted octanol–water partition coefficient (Wildman–Crippen LogP) is -0.934. The third kappa shape index (κ3) is 9.24. The molecule has 0 spiro atoms. The number of hydrogen-bond donors (Lipinski definition) is 10. The van der Waals surface area contributed by atoms with Crippen molar-refractivity contribution in [3.05, 3.63) is 59.1 Å². The van der Waals surface area contributed by atoms with Crippen molar-refractivity contribution in [2.24, 2.45) is 7.05 Å². The van der Waals surface area contributed by atoms with Crippen LogP contribution in [0.1, 0.15) is 19.1 Å². The molecule has 0 saturated carbocycles. The minimum absolute atomic E-state index is 0.00432. The molecule has 13 N–H and O–H groups in total. The molecule has 56 heavy (non-hydrogen) atoms. The Labute approximate surface area is 315 Å². The number of amides is 2. The average molecular weight is 823 g/mol. The van der Waals surface area contributed by atoms with Crippen LogP contribution in [0.2, 0.25) is 0 Å². The maximum absolute atomic E-state index is 13.0. The van der Waals surface area contributed by atoms with Crippen LogP contribution in [0, 0.1) is 0 Å². The zero-order valence-electron chi connectivity index (χ0n) is 29.5. The van der Waals surface area contributed by atoms with Crippen LogP contribution >= 0.6 is 15.6 Å². The fourth-order valence-corrected chi connectivity index (χ4v) is 7.98. The molecule has 5 atom stereocenters. The van der Waals surface area contributed by atoms with Crippen LogP contribution in [0.25, 0.3) is 33.0 Å². The lowest BCUT2D eigenvalue weighted by Crippen LogP contribution is -2.49. The summed E-state index contributed by atoms with van der Waals surface area (Å²) in [6, 6.07) is 13.3. The maximum Gasteiger partial charge on any atom is 0.481 e. The molecule has 3 aromatic heterocycles. The van der Waals surface area contributed by atoms with E-state index in [2.05, 4.69) is 34.0 Å². The van der Waals surface area contributed by atoms with Gasteiger partial charge in [-0.3, -0.25) is 23.7 Å². The van der Waals surface area contributed by atoms with Crippen LogP contribution in [0.15, 0.2) is 53.6 Å². The lowest BCUT2D eigenvalue weighted by molar-refractivity contribution is -0.745. The third-order valence-electron chi connectivity index (χ3n) is 8.73. The van der Waals surface area contributed by atoms with Crippen molar-refractivity contribution in [1.82, 2.24) is 25.2 Å². The molecule has 5 aromatic rings. The number of imidazole rings is 1. The first-order valence-corrected chi connectivity index (χ1v) is 19.9. The number of aliphatic hydroxyl groups is 1. The van der Waals surface area contributed by atoms with Gasteiger partial charge in [0.25, 0.3) is 11.5 Å². The zero-order chi connectivity index (χ0) is 40.5. The van der Waals surface area contributed by atoms with Crippen LogP contribution < -0.4 is 42.5 Å². The first-order valence-electron chi connectivity index (χ1n) is 16.9. The number of aryl methyl sites for hydroxylation is 2. The van der Waals surface area contributed by atoms with Crippen molar-refractivity contribution in [2.75, 3.05) is 36.9 Å². The molecule has 2 amide bonds. The van der Waals surface area contributed by atoms with E-state index in [1.165, 1.54) is 22.5 Å². The standard InChI is InChI=1S/C31H38N10O13P2/c1-39-15-41(27-24(39)28(44)38-30(34)37-27)29-26(25(43)22(52-29)14-51-56(49,50)54-55(46,47)48)53-31(45)36-9-8-35-23(42)3-2-10-40-20-12-18(32)6-4-16(20)11-17-5-7-19(33)13-21(17)40/h4-7,11-13,15,22,25-26,29,43H,2-3,8-10,14H2,1H3,(H10-,32,33,34,35,36,37,38,42,44,45,46,47,48,49,50)/p+2/t22-,25-,26-,29-/m1/s1. The van der Waals surface area contributed by atoms with Gasteiger partial charge in [0.1, 0.15) is 18.8 Å². The van der Waals surface area contributed by atoms with Crippen molar-refractivity contribution in [3.8, 4) is 0 Å². The van der Waals surface area contributed by atoms with Crippen molar-refractivity contribution in [2.45, 2.75) is 43.9 Å². The first kappa shape index (κ1) is 40.4. The number of rotatable bonds is 14. The van der Waals surface area contributed by atoms with Crippen LogP contribution in [0.3, 0.4) is 0 Å². The second-order valence-corrected chi connectivity index (χ2v) is 15.7. The molecular weight excluding hydrogens is 782 g/mol. The number of anilines is 3. The molecule has 6 rings (SSSR count). The molecule has 1 saturated heterocycles. The first-order chi connectivity index (χ1) is 26.4. The lowest BCUT2D eigenvalue weighted by Gasteiger charge is -2.20. The summed E-state index contributed by atoms with van der Waals surface area (Å²) in [5.74, 6) is -0.560. The number of nitrogen functional groups attached to an aromatic ring is 3. The molecular formula is C31H40N10O13P2+2. The van der Waals surface area contributed by atoms with Crippen molar-refractivity contribution in [1.29, 1.82) is 0 Å². The van der Waals surface area contributed by atoms with Gasteiger partial charge in [0, 0.05) is 60.2 Å². The Hall–Kier alpha value is -5.22. The van der Waals surface area contributed by atoms with E-state index in [-0.39, 0.29) is 42.5 Å². The number of alkyl carbamates (subject to hydrolysis) is 1. The van der Waals surface area contributed by atoms with E-state index in [1.807, 2.05) is 42.5 Å². The number of aliphatic hydroxyl groups excluding tert-OH is 1. The van der Waals surface area contributed by atoms with Gasteiger partial charge in [-0.1, -0.05) is 4.98 Å². The minimum atomic E-state index is -5.46. The number of aromatic nitrogens is 5. The van der Waals surface area contributed by atoms with Gasteiger partial charge in [0.05, 0.1) is 13.7 Å². The fraction of sp³-hybridized carbons (Fsp3) is 0.355. The van der Waals surface area contributed by atoms with Gasteiger partial charge in [-0.05, 0) is 30.3 Å². The molecule has 1 aliphatic rings. The normalized spacial score (nSPS) is 19.7. The molecule has 0 bridgehead atoms. The summed E-state index contributed by atoms with van der Waals surface area (Å²) < 4.78 is 47.5. The van der Waals surface area contributed by atoms with Gasteiger partial charge in [-0.15, -0.1) is 0 Å². The van der Waals surface area contributed by atoms with Gasteiger partial charge in [0.15, 0.2) is 12.4 Å². The number of fused-ring (bicyclic) bond motifs is 3. The van der Waals surface area contributed by atoms with E-state index in [1.54, 1.807) is 0 Å². The lowest BCUT2D eigenvalue weighted by atomic mass is 10.1. The topological polar surface area (TPSA) is 347 Å². The Morgan fingerprint density at radius 1 is 1.02 bits per heavy atom. The quantitative estimate of drug-likeness (QED) is 0.0212. The summed E-state index contributed by atoms with van der Waals surface area (Å²) in [6.45, 7) is -0.591. The van der Waals surface area contributed by atoms with E-state index in [0.717, 1.165) is 21.8 Å². The number of phosphoric ester groups is 1. The molecule has 1 unspecified atom stereocenters. The number of nitrogens with one attached hydrogen (secondary N) is 3. The second kappa shape index (κ2) is 16.1. The minimum Gasteiger partial charge on any atom is -0.437 e. The number of aromatic amines is 1. The van der Waals surface area contributed by atoms with E-state index < -0.39 is 58.4 Å². The van der Waals surface area contributed by atoms with Gasteiger partial charge in [-0.2, -0.15) is 8.88 Å². The maximum atomic E-state index is 13.0. The Morgan fingerprint density at radius 3 is 2.30 bits per heavy atom. The predicted molar refractivity (Wildman–Crippen MR) is 196 cm³/mol. The van der Waals surface area contributed by atoms with Crippen LogP contribution in [0.4, 0.5) is 22.1 Å². The highest BCUT2D eigenvalue weighted by Crippen LogP contribution is 2.57. The molecule has 300 valence electrons. The molecule has 4 heterocycles. The van der Waals surface area contributed by atoms with Crippen LogP contribution in [0.5, 0.6) is 0 Å². The van der Waals surface area contributed by atoms with Crippen LogP contribution in [-0.4, -0.2) is 84.3 Å². The highest BCUT2D eigenvalue weighted by Gasteiger charge is 2.51. The Balaban J connectivity index is 1.07. The number of carbonyl (C=O) groups excluding carboxylic acids is 2. The largest absolute Gasteiger partial charge is 0.481 e. The molecule has 25 heteroatoms. The summed E-state index contributed by atoms with van der Waals surface area (Å²) in [5, 5.41) is 18.2. The Bertz CT molecular complexity index is 2410. The van der Waals surface area contributed by atoms with Gasteiger partial charge in [-0.25, -0.2) is 18.5 Å². The molecule has 1 aliphatic heterocycles. The summed E-state index contributed by atoms with van der Waals surface area (Å²) in [5.41, 5.74) is 20.2. The van der Waals surface area contributed by atoms with E-state index in [0.29, 0.717) is 24.3 Å². The van der Waals surface area contributed by atoms with Crippen molar-refractivity contribution < 1.29 is 65.9 Å². The van der Waals surface area contributed by atoms with Gasteiger partial charge < -0.3 is 57.1 Å². The summed E-state index contributed by atoms with van der Waals surface area (Å²) in [6.07, 6.45) is -5.51. The van der Waals surface area contributed by atoms with Crippen molar-refractivity contribution >= 4 is 77.9 Å². The van der Waals surface area contributed by atoms with Gasteiger partial charge in [0.2, 0.25) is 28.7 Å². The van der Waals surface area contributed by atoms with Gasteiger partial charge >= 0.3 is 27.4 Å². The van der Waals surface area contributed by atoms with E-state index in [4.69, 9.17) is 36.5 Å². The third-order valence-corrected chi connectivity index (χ3v) is 10.9. The molecule has 0 radical (unpaired) electrons. The highest BCUT2D eigenvalue weighted by atomic mass is 31.3. The Kier molecular flexibility index (Phi) is 11.6. The second-order valence-electron chi connectivity index (χ2n) is 12.8. The number of pyridine rings is 1. The fourth-order valence-electron chi connectivity index (χ4n) is 6.38. The smallest absolute Gasteiger partial charge is 0.437 e. The monoisotopic (exact) mass is 822 g/mol. The van der Waals surface area contributed by atoms with E-state index in [9.17, 15) is 33.5 Å². The summed E-state index contributed by atoms with van der Waals surface area (Å²) in [7, 11) is -9.33. The highest BCUT2D eigenvalue weighted by molar-refractivity contribution is 7.60. The summed E-state index contributed by atoms with van der Waals surface area (Å²) >= 11 is 0. The average Bonchev–Trinajstić information content (AvgIpc) is 3.59. The van der Waals surface area contributed by atoms with Crippen molar-refractivity contribution in [3.63, 3.8) is 0 Å². The molecule has 0 aliphatic carbocycles. The Morgan fingerprint density at radius 2 is 1.66 bits per heavy atom.